The van der Waals surface area contributed by atoms with Crippen LogP contribution in [0.1, 0.15) is 41.5 Å². The number of benzene rings is 3. The van der Waals surface area contributed by atoms with Gasteiger partial charge in [0.15, 0.2) is 5.16 Å². The number of rotatable bonds is 12. The molecule has 3 aromatic carbocycles. The molecule has 1 atom stereocenters. The third-order valence-corrected chi connectivity index (χ3v) is 8.90. The summed E-state index contributed by atoms with van der Waals surface area (Å²) in [5, 5.41) is 9.83. The van der Waals surface area contributed by atoms with E-state index in [0.29, 0.717) is 56.0 Å². The third-order valence-electron chi connectivity index (χ3n) is 7.88. The smallest absolute Gasteiger partial charge is 0.257 e. The minimum atomic E-state index is -0.123. The predicted molar refractivity (Wildman–Crippen MR) is 174 cm³/mol. The summed E-state index contributed by atoms with van der Waals surface area (Å²) in [5.41, 5.74) is 2.59. The van der Waals surface area contributed by atoms with E-state index < -0.39 is 0 Å². The number of nitrogens with zero attached hydrogens (tertiary/aromatic N) is 5. The summed E-state index contributed by atoms with van der Waals surface area (Å²) in [6.45, 7) is 3.42. The Hall–Kier alpha value is -4.51. The predicted octanol–water partition coefficient (Wildman–Crippen LogP) is 5.13. The number of ether oxygens (including phenoxy) is 3. The van der Waals surface area contributed by atoms with Gasteiger partial charge in [-0.1, -0.05) is 42.1 Å². The second-order valence-corrected chi connectivity index (χ2v) is 11.9. The van der Waals surface area contributed by atoms with Crippen LogP contribution in [0.5, 0.6) is 17.2 Å². The fourth-order valence-electron chi connectivity index (χ4n) is 5.44. The molecule has 1 unspecified atom stereocenters. The van der Waals surface area contributed by atoms with Crippen LogP contribution in [0, 0.1) is 0 Å². The molecule has 0 spiro atoms. The maximum atomic E-state index is 13.4. The van der Waals surface area contributed by atoms with Crippen molar-refractivity contribution < 1.29 is 23.8 Å². The molecule has 0 bridgehead atoms. The van der Waals surface area contributed by atoms with E-state index in [-0.39, 0.29) is 17.9 Å². The molecule has 0 N–H and O–H groups in total. The Labute approximate surface area is 268 Å². The first-order valence-corrected chi connectivity index (χ1v) is 16.0. The summed E-state index contributed by atoms with van der Waals surface area (Å²) >= 11 is 1.59. The van der Waals surface area contributed by atoms with Crippen LogP contribution in [0.2, 0.25) is 0 Å². The number of hydrogen-bond acceptors (Lipinski definition) is 8. The molecular weight excluding hydrogens is 590 g/mol. The molecule has 236 valence electrons. The van der Waals surface area contributed by atoms with E-state index in [2.05, 4.69) is 26.9 Å². The molecule has 1 saturated heterocycles. The standard InChI is InChI=1S/C34H39N5O5S/c1-24-23-37(18-19-38(24)33(41)29-17-16-28(43-3)22-30(29)44-4)32(40)11-8-20-45-34-36-35-31(21-25-9-6-5-7-10-25)39(34)26-12-14-27(42-2)15-13-26/h5-7,9-10,12-17,22,24H,8,11,18-21,23H2,1-4H3. The zero-order chi connectivity index (χ0) is 31.8. The average molecular weight is 630 g/mol. The number of piperazine rings is 1. The zero-order valence-corrected chi connectivity index (χ0v) is 27.0. The van der Waals surface area contributed by atoms with E-state index in [1.54, 1.807) is 44.2 Å². The summed E-state index contributed by atoms with van der Waals surface area (Å²) < 4.78 is 18.1. The minimum Gasteiger partial charge on any atom is -0.497 e. The summed E-state index contributed by atoms with van der Waals surface area (Å²) in [5.74, 6) is 3.42. The fraction of sp³-hybridized carbons (Fsp3) is 0.353. The largest absolute Gasteiger partial charge is 0.497 e. The molecule has 1 aliphatic rings. The molecule has 11 heteroatoms. The van der Waals surface area contributed by atoms with E-state index in [4.69, 9.17) is 14.2 Å². The Morgan fingerprint density at radius 1 is 0.889 bits per heavy atom. The van der Waals surface area contributed by atoms with Crippen molar-refractivity contribution in [2.24, 2.45) is 0 Å². The molecule has 2 heterocycles. The molecule has 1 fully saturated rings. The first-order chi connectivity index (χ1) is 21.9. The van der Waals surface area contributed by atoms with E-state index in [0.717, 1.165) is 33.7 Å². The first kappa shape index (κ1) is 31.9. The first-order valence-electron chi connectivity index (χ1n) is 15.0. The van der Waals surface area contributed by atoms with Gasteiger partial charge >= 0.3 is 0 Å². The molecule has 5 rings (SSSR count). The number of carbonyl (C=O) groups is 2. The van der Waals surface area contributed by atoms with Gasteiger partial charge < -0.3 is 24.0 Å². The van der Waals surface area contributed by atoms with E-state index in [1.807, 2.05) is 59.2 Å². The number of carbonyl (C=O) groups excluding carboxylic acids is 2. The molecule has 2 amide bonds. The lowest BCUT2D eigenvalue weighted by Crippen LogP contribution is -2.55. The average Bonchev–Trinajstić information content (AvgIpc) is 3.48. The van der Waals surface area contributed by atoms with Crippen LogP contribution in [0.25, 0.3) is 5.69 Å². The fourth-order valence-corrected chi connectivity index (χ4v) is 6.35. The van der Waals surface area contributed by atoms with Crippen molar-refractivity contribution in [1.82, 2.24) is 24.6 Å². The van der Waals surface area contributed by atoms with Crippen molar-refractivity contribution in [3.05, 3.63) is 89.7 Å². The van der Waals surface area contributed by atoms with Gasteiger partial charge in [-0.25, -0.2) is 0 Å². The van der Waals surface area contributed by atoms with Crippen molar-refractivity contribution in [2.75, 3.05) is 46.7 Å². The summed E-state index contributed by atoms with van der Waals surface area (Å²) in [4.78, 5) is 30.2. The Bertz CT molecular complexity index is 1590. The summed E-state index contributed by atoms with van der Waals surface area (Å²) in [6.07, 6.45) is 1.77. The van der Waals surface area contributed by atoms with E-state index in [1.165, 1.54) is 7.11 Å². The summed E-state index contributed by atoms with van der Waals surface area (Å²) in [7, 11) is 4.76. The molecule has 1 aromatic heterocycles. The molecular formula is C34H39N5O5S. The molecule has 0 radical (unpaired) electrons. The Morgan fingerprint density at radius 2 is 1.62 bits per heavy atom. The van der Waals surface area contributed by atoms with Crippen molar-refractivity contribution >= 4 is 23.6 Å². The van der Waals surface area contributed by atoms with Gasteiger partial charge in [-0.2, -0.15) is 0 Å². The molecule has 0 aliphatic carbocycles. The molecule has 10 nitrogen and oxygen atoms in total. The van der Waals surface area contributed by atoms with Gasteiger partial charge in [-0.15, -0.1) is 10.2 Å². The highest BCUT2D eigenvalue weighted by Crippen LogP contribution is 2.28. The molecule has 0 saturated carbocycles. The highest BCUT2D eigenvalue weighted by molar-refractivity contribution is 7.99. The minimum absolute atomic E-state index is 0.0953. The van der Waals surface area contributed by atoms with Crippen molar-refractivity contribution in [3.63, 3.8) is 0 Å². The number of thioether (sulfide) groups is 1. The van der Waals surface area contributed by atoms with Gasteiger partial charge in [0.05, 0.1) is 26.9 Å². The monoisotopic (exact) mass is 629 g/mol. The van der Waals surface area contributed by atoms with E-state index >= 15 is 0 Å². The quantitative estimate of drug-likeness (QED) is 0.157. The highest BCUT2D eigenvalue weighted by Gasteiger charge is 2.31. The number of hydrogen-bond donors (Lipinski definition) is 0. The van der Waals surface area contributed by atoms with Crippen LogP contribution in [0.15, 0.2) is 78.0 Å². The van der Waals surface area contributed by atoms with Crippen molar-refractivity contribution in [2.45, 2.75) is 37.4 Å². The summed E-state index contributed by atoms with van der Waals surface area (Å²) in [6, 6.07) is 23.1. The Morgan fingerprint density at radius 3 is 2.31 bits per heavy atom. The maximum absolute atomic E-state index is 13.4. The number of methoxy groups -OCH3 is 3. The molecule has 1 aliphatic heterocycles. The molecule has 45 heavy (non-hydrogen) atoms. The lowest BCUT2D eigenvalue weighted by atomic mass is 10.1. The van der Waals surface area contributed by atoms with Crippen molar-refractivity contribution in [3.8, 4) is 22.9 Å². The van der Waals surface area contributed by atoms with Crippen LogP contribution >= 0.6 is 11.8 Å². The molecule has 4 aromatic rings. The third kappa shape index (κ3) is 7.59. The van der Waals surface area contributed by atoms with Gasteiger partial charge in [0, 0.05) is 56.0 Å². The SMILES string of the molecule is COc1ccc(-n2c(Cc3ccccc3)nnc2SCCCC(=O)N2CCN(C(=O)c3ccc(OC)cc3OC)C(C)C2)cc1. The van der Waals surface area contributed by atoms with Crippen molar-refractivity contribution in [1.29, 1.82) is 0 Å². The van der Waals surface area contributed by atoms with Crippen LogP contribution in [0.4, 0.5) is 0 Å². The Balaban J connectivity index is 1.17. The number of amides is 2. The number of aromatic nitrogens is 3. The van der Waals surface area contributed by atoms with Gasteiger partial charge in [-0.05, 0) is 55.3 Å². The van der Waals surface area contributed by atoms with Crippen LogP contribution in [-0.2, 0) is 11.2 Å². The van der Waals surface area contributed by atoms with Gasteiger partial charge in [-0.3, -0.25) is 14.2 Å². The second kappa shape index (κ2) is 15.0. The maximum Gasteiger partial charge on any atom is 0.257 e. The second-order valence-electron chi connectivity index (χ2n) is 10.8. The lowest BCUT2D eigenvalue weighted by Gasteiger charge is -2.40. The van der Waals surface area contributed by atoms with Gasteiger partial charge in [0.2, 0.25) is 5.91 Å². The zero-order valence-electron chi connectivity index (χ0n) is 26.1. The van der Waals surface area contributed by atoms with E-state index in [9.17, 15) is 9.59 Å². The van der Waals surface area contributed by atoms with Crippen LogP contribution in [0.3, 0.4) is 0 Å². The van der Waals surface area contributed by atoms with Crippen LogP contribution < -0.4 is 14.2 Å². The normalized spacial score (nSPS) is 14.7. The van der Waals surface area contributed by atoms with Gasteiger partial charge in [0.1, 0.15) is 23.1 Å². The highest BCUT2D eigenvalue weighted by atomic mass is 32.2. The lowest BCUT2D eigenvalue weighted by molar-refractivity contribution is -0.133. The van der Waals surface area contributed by atoms with Gasteiger partial charge in [0.25, 0.3) is 5.91 Å². The van der Waals surface area contributed by atoms with Crippen LogP contribution in [-0.4, -0.2) is 89.1 Å². The Kier molecular flexibility index (Phi) is 10.6. The topological polar surface area (TPSA) is 99.0 Å².